The Morgan fingerprint density at radius 2 is 2.00 bits per heavy atom. The van der Waals surface area contributed by atoms with Crippen molar-refractivity contribution < 1.29 is 22.9 Å². The van der Waals surface area contributed by atoms with Gasteiger partial charge in [0.05, 0.1) is 28.2 Å². The molecule has 0 unspecified atom stereocenters. The molecule has 0 radical (unpaired) electrons. The number of nitrogens with zero attached hydrogens (tertiary/aromatic N) is 1. The van der Waals surface area contributed by atoms with Crippen molar-refractivity contribution in [3.8, 4) is 5.75 Å². The van der Waals surface area contributed by atoms with Crippen LogP contribution in [0.3, 0.4) is 0 Å². The van der Waals surface area contributed by atoms with Crippen LogP contribution in [0.25, 0.3) is 0 Å². The highest BCUT2D eigenvalue weighted by molar-refractivity contribution is 7.92. The van der Waals surface area contributed by atoms with Gasteiger partial charge in [-0.3, -0.25) is 19.6 Å². The van der Waals surface area contributed by atoms with Crippen LogP contribution in [-0.2, 0) is 10.0 Å². The lowest BCUT2D eigenvalue weighted by Crippen LogP contribution is -2.25. The number of nitro groups is 1. The molecule has 27 heavy (non-hydrogen) atoms. The number of carbonyl (C=O) groups excluding carboxylic acids is 1. The van der Waals surface area contributed by atoms with Crippen molar-refractivity contribution in [1.29, 1.82) is 0 Å². The quantitative estimate of drug-likeness (QED) is 0.404. The Morgan fingerprint density at radius 3 is 2.63 bits per heavy atom. The van der Waals surface area contributed by atoms with Crippen molar-refractivity contribution in [1.82, 2.24) is 5.32 Å². The number of hydrogen-bond donors (Lipinski definition) is 2. The van der Waals surface area contributed by atoms with Crippen LogP contribution in [0.15, 0.2) is 60.0 Å². The van der Waals surface area contributed by atoms with Crippen LogP contribution in [0.4, 0.5) is 11.4 Å². The standard InChI is InChI=1S/C17H17N3O6S/c1-3-10-18-17(21)13-6-4-5-7-14(13)19-27(24,25)12-8-9-16(26-2)15(11-12)20(22)23/h3-9,11,19H,1,10H2,2H3,(H,18,21). The number of anilines is 1. The minimum Gasteiger partial charge on any atom is -0.490 e. The lowest BCUT2D eigenvalue weighted by atomic mass is 10.1. The van der Waals surface area contributed by atoms with Gasteiger partial charge in [-0.25, -0.2) is 8.42 Å². The molecule has 0 aliphatic carbocycles. The first-order valence-corrected chi connectivity index (χ1v) is 9.12. The fourth-order valence-corrected chi connectivity index (χ4v) is 3.31. The van der Waals surface area contributed by atoms with Gasteiger partial charge in [0.2, 0.25) is 0 Å². The van der Waals surface area contributed by atoms with Crippen molar-refractivity contribution in [2.75, 3.05) is 18.4 Å². The van der Waals surface area contributed by atoms with Gasteiger partial charge in [0.1, 0.15) is 0 Å². The van der Waals surface area contributed by atoms with Gasteiger partial charge in [-0.1, -0.05) is 18.2 Å². The van der Waals surface area contributed by atoms with Crippen molar-refractivity contribution in [3.63, 3.8) is 0 Å². The molecule has 0 saturated heterocycles. The van der Waals surface area contributed by atoms with Gasteiger partial charge in [-0.15, -0.1) is 6.58 Å². The van der Waals surface area contributed by atoms with Crippen LogP contribution in [0, 0.1) is 10.1 Å². The predicted octanol–water partition coefficient (Wildman–Crippen LogP) is 2.32. The van der Waals surface area contributed by atoms with Gasteiger partial charge in [0.25, 0.3) is 15.9 Å². The zero-order valence-corrected chi connectivity index (χ0v) is 15.2. The molecular weight excluding hydrogens is 374 g/mol. The molecule has 2 N–H and O–H groups in total. The molecule has 2 aromatic rings. The number of hydrogen-bond acceptors (Lipinski definition) is 6. The molecule has 0 spiro atoms. The minimum absolute atomic E-state index is 0.0394. The largest absolute Gasteiger partial charge is 0.490 e. The Labute approximate surface area is 155 Å². The van der Waals surface area contributed by atoms with E-state index in [4.69, 9.17) is 4.74 Å². The number of nitro benzene ring substituents is 1. The van der Waals surface area contributed by atoms with Crippen LogP contribution in [0.2, 0.25) is 0 Å². The molecule has 0 fully saturated rings. The van der Waals surface area contributed by atoms with Crippen LogP contribution < -0.4 is 14.8 Å². The average molecular weight is 391 g/mol. The van der Waals surface area contributed by atoms with E-state index in [1.165, 1.54) is 37.5 Å². The highest BCUT2D eigenvalue weighted by Crippen LogP contribution is 2.30. The summed E-state index contributed by atoms with van der Waals surface area (Å²) in [6.07, 6.45) is 1.49. The molecule has 0 heterocycles. The highest BCUT2D eigenvalue weighted by Gasteiger charge is 2.23. The molecule has 0 bridgehead atoms. The normalized spacial score (nSPS) is 10.7. The average Bonchev–Trinajstić information content (AvgIpc) is 2.65. The summed E-state index contributed by atoms with van der Waals surface area (Å²) >= 11 is 0. The second-order valence-corrected chi connectivity index (χ2v) is 6.92. The summed E-state index contributed by atoms with van der Waals surface area (Å²) in [5.41, 5.74) is -0.346. The van der Waals surface area contributed by atoms with E-state index in [0.29, 0.717) is 0 Å². The van der Waals surface area contributed by atoms with Gasteiger partial charge < -0.3 is 10.1 Å². The summed E-state index contributed by atoms with van der Waals surface area (Å²) in [5.74, 6) is -0.558. The van der Waals surface area contributed by atoms with Crippen molar-refractivity contribution in [2.45, 2.75) is 4.90 Å². The summed E-state index contributed by atoms with van der Waals surface area (Å²) < 4.78 is 32.4. The van der Waals surface area contributed by atoms with Crippen LogP contribution >= 0.6 is 0 Å². The molecule has 2 aromatic carbocycles. The first kappa shape index (κ1) is 19.9. The van der Waals surface area contributed by atoms with E-state index < -0.39 is 26.5 Å². The smallest absolute Gasteiger partial charge is 0.312 e. The Balaban J connectivity index is 2.40. The van der Waals surface area contributed by atoms with Crippen LogP contribution in [-0.4, -0.2) is 32.9 Å². The topological polar surface area (TPSA) is 128 Å². The highest BCUT2D eigenvalue weighted by atomic mass is 32.2. The fourth-order valence-electron chi connectivity index (χ4n) is 2.21. The lowest BCUT2D eigenvalue weighted by Gasteiger charge is -2.12. The summed E-state index contributed by atoms with van der Waals surface area (Å²) in [4.78, 5) is 22.2. The first-order valence-electron chi connectivity index (χ1n) is 7.63. The molecule has 2 rings (SSSR count). The van der Waals surface area contributed by atoms with E-state index in [1.807, 2.05) is 0 Å². The molecule has 0 aliphatic rings. The van der Waals surface area contributed by atoms with E-state index in [-0.39, 0.29) is 28.4 Å². The number of methoxy groups -OCH3 is 1. The van der Waals surface area contributed by atoms with Gasteiger partial charge in [-0.05, 0) is 24.3 Å². The van der Waals surface area contributed by atoms with Gasteiger partial charge in [-0.2, -0.15) is 0 Å². The maximum Gasteiger partial charge on any atom is 0.312 e. The van der Waals surface area contributed by atoms with Crippen molar-refractivity contribution in [3.05, 3.63) is 70.8 Å². The Bertz CT molecular complexity index is 988. The number of ether oxygens (including phenoxy) is 1. The van der Waals surface area contributed by atoms with E-state index in [9.17, 15) is 23.3 Å². The Kier molecular flexibility index (Phi) is 6.14. The molecule has 0 saturated carbocycles. The van der Waals surface area contributed by atoms with E-state index >= 15 is 0 Å². The summed E-state index contributed by atoms with van der Waals surface area (Å²) in [5, 5.41) is 13.7. The number of para-hydroxylation sites is 1. The van der Waals surface area contributed by atoms with Crippen molar-refractivity contribution in [2.24, 2.45) is 0 Å². The van der Waals surface area contributed by atoms with Gasteiger partial charge in [0, 0.05) is 12.6 Å². The van der Waals surface area contributed by atoms with E-state index in [0.717, 1.165) is 6.07 Å². The van der Waals surface area contributed by atoms with Gasteiger partial charge >= 0.3 is 5.69 Å². The molecule has 10 heteroatoms. The molecular formula is C17H17N3O6S. The predicted molar refractivity (Wildman–Crippen MR) is 99.4 cm³/mol. The van der Waals surface area contributed by atoms with Crippen LogP contribution in [0.5, 0.6) is 5.75 Å². The zero-order valence-electron chi connectivity index (χ0n) is 14.3. The molecule has 1 amide bonds. The van der Waals surface area contributed by atoms with E-state index in [2.05, 4.69) is 16.6 Å². The summed E-state index contributed by atoms with van der Waals surface area (Å²) in [7, 11) is -2.94. The number of nitrogens with one attached hydrogen (secondary N) is 2. The third kappa shape index (κ3) is 4.61. The van der Waals surface area contributed by atoms with Crippen LogP contribution in [0.1, 0.15) is 10.4 Å². The maximum absolute atomic E-state index is 12.6. The summed E-state index contributed by atoms with van der Waals surface area (Å²) in [6.45, 7) is 3.71. The molecule has 0 aliphatic heterocycles. The second-order valence-electron chi connectivity index (χ2n) is 5.24. The monoisotopic (exact) mass is 391 g/mol. The number of sulfonamides is 1. The molecule has 0 atom stereocenters. The first-order chi connectivity index (χ1) is 12.8. The number of benzene rings is 2. The number of carbonyl (C=O) groups is 1. The van der Waals surface area contributed by atoms with E-state index in [1.54, 1.807) is 12.1 Å². The third-order valence-electron chi connectivity index (χ3n) is 3.48. The molecule has 9 nitrogen and oxygen atoms in total. The zero-order chi connectivity index (χ0) is 20.0. The second kappa shape index (κ2) is 8.32. The third-order valence-corrected chi connectivity index (χ3v) is 4.84. The minimum atomic E-state index is -4.18. The number of amides is 1. The Hall–Kier alpha value is -3.40. The number of rotatable bonds is 8. The Morgan fingerprint density at radius 1 is 1.30 bits per heavy atom. The lowest BCUT2D eigenvalue weighted by molar-refractivity contribution is -0.386. The fraction of sp³-hybridized carbons (Fsp3) is 0.118. The van der Waals surface area contributed by atoms with Crippen molar-refractivity contribution >= 4 is 27.3 Å². The maximum atomic E-state index is 12.6. The summed E-state index contributed by atoms with van der Waals surface area (Å²) in [6, 6.07) is 9.26. The molecule has 142 valence electrons. The SMILES string of the molecule is C=CCNC(=O)c1ccccc1NS(=O)(=O)c1ccc(OC)c([N+](=O)[O-])c1. The van der Waals surface area contributed by atoms with Gasteiger partial charge in [0.15, 0.2) is 5.75 Å². The molecule has 0 aromatic heterocycles.